The Morgan fingerprint density at radius 3 is 1.56 bits per heavy atom. The van der Waals surface area contributed by atoms with Crippen LogP contribution in [-0.2, 0) is 0 Å². The van der Waals surface area contributed by atoms with Crippen molar-refractivity contribution in [3.05, 3.63) is 132 Å². The second-order valence-corrected chi connectivity index (χ2v) is 10.9. The highest BCUT2D eigenvalue weighted by Crippen LogP contribution is 2.47. The van der Waals surface area contributed by atoms with Crippen LogP contribution in [0.4, 0.5) is 0 Å². The molecular weight excluding hydrogens is 500 g/mol. The monoisotopic (exact) mass is 530 g/mol. The fraction of sp³-hybridized carbons (Fsp3) is 0.0769. The topological polar surface area (TPSA) is 40.5 Å². The van der Waals surface area contributed by atoms with Crippen LogP contribution in [0.25, 0.3) is 65.7 Å². The fourth-order valence-electron chi connectivity index (χ4n) is 6.53. The zero-order valence-corrected chi connectivity index (χ0v) is 23.4. The van der Waals surface area contributed by atoms with Gasteiger partial charge < -0.3 is 10.2 Å². The van der Waals surface area contributed by atoms with E-state index in [9.17, 15) is 10.2 Å². The summed E-state index contributed by atoms with van der Waals surface area (Å²) in [6.45, 7) is 5.60. The SMILES string of the molecule is Cc1c(O)c(C)c(-c2ccc3c(-c4ccc5ccccc5c4)c4ccccc4c(-c4ccccc4)c3c2)c(C)c1O. The van der Waals surface area contributed by atoms with Crippen molar-refractivity contribution in [1.29, 1.82) is 0 Å². The average Bonchev–Trinajstić information content (AvgIpc) is 3.02. The molecule has 0 radical (unpaired) electrons. The van der Waals surface area contributed by atoms with Gasteiger partial charge in [-0.25, -0.2) is 0 Å². The van der Waals surface area contributed by atoms with Crippen LogP contribution < -0.4 is 0 Å². The van der Waals surface area contributed by atoms with Crippen molar-refractivity contribution < 1.29 is 10.2 Å². The van der Waals surface area contributed by atoms with E-state index in [0.29, 0.717) is 5.56 Å². The molecule has 0 saturated heterocycles. The minimum atomic E-state index is 0.141. The highest BCUT2D eigenvalue weighted by molar-refractivity contribution is 6.22. The van der Waals surface area contributed by atoms with E-state index in [1.165, 1.54) is 38.2 Å². The average molecular weight is 531 g/mol. The Bertz CT molecular complexity index is 2110. The van der Waals surface area contributed by atoms with Gasteiger partial charge in [0.25, 0.3) is 0 Å². The lowest BCUT2D eigenvalue weighted by atomic mass is 9.83. The first-order valence-electron chi connectivity index (χ1n) is 14.0. The van der Waals surface area contributed by atoms with E-state index >= 15 is 0 Å². The number of benzene rings is 7. The maximum absolute atomic E-state index is 10.9. The van der Waals surface area contributed by atoms with E-state index in [1.54, 1.807) is 6.92 Å². The molecular formula is C39H30O2. The van der Waals surface area contributed by atoms with Crippen molar-refractivity contribution >= 4 is 32.3 Å². The van der Waals surface area contributed by atoms with Crippen LogP contribution in [0.1, 0.15) is 16.7 Å². The molecule has 0 bridgehead atoms. The number of hydrogen-bond donors (Lipinski definition) is 2. The van der Waals surface area contributed by atoms with Gasteiger partial charge in [-0.05, 0) is 110 Å². The van der Waals surface area contributed by atoms with Gasteiger partial charge in [0.2, 0.25) is 0 Å². The highest BCUT2D eigenvalue weighted by Gasteiger charge is 2.21. The first-order chi connectivity index (χ1) is 19.9. The summed E-state index contributed by atoms with van der Waals surface area (Å²) in [7, 11) is 0. The van der Waals surface area contributed by atoms with E-state index in [4.69, 9.17) is 0 Å². The molecule has 0 aliphatic rings. The summed E-state index contributed by atoms with van der Waals surface area (Å²) in [6, 6.07) is 41.0. The third-order valence-corrected chi connectivity index (χ3v) is 8.58. The molecule has 0 fully saturated rings. The number of phenols is 2. The van der Waals surface area contributed by atoms with Crippen molar-refractivity contribution in [3.63, 3.8) is 0 Å². The predicted octanol–water partition coefficient (Wildman–Crippen LogP) is 10.5. The van der Waals surface area contributed by atoms with E-state index in [0.717, 1.165) is 38.6 Å². The van der Waals surface area contributed by atoms with Gasteiger partial charge in [0, 0.05) is 5.56 Å². The van der Waals surface area contributed by atoms with Gasteiger partial charge in [0.1, 0.15) is 11.5 Å². The number of fused-ring (bicyclic) bond motifs is 3. The number of aromatic hydroxyl groups is 2. The van der Waals surface area contributed by atoms with E-state index in [2.05, 4.69) is 109 Å². The minimum absolute atomic E-state index is 0.141. The minimum Gasteiger partial charge on any atom is -0.507 e. The Kier molecular flexibility index (Phi) is 5.80. The predicted molar refractivity (Wildman–Crippen MR) is 173 cm³/mol. The Morgan fingerprint density at radius 1 is 0.366 bits per heavy atom. The number of hydrogen-bond acceptors (Lipinski definition) is 2. The van der Waals surface area contributed by atoms with Crippen molar-refractivity contribution in [2.75, 3.05) is 0 Å². The van der Waals surface area contributed by atoms with Crippen molar-refractivity contribution in [2.45, 2.75) is 20.8 Å². The normalized spacial score (nSPS) is 11.5. The van der Waals surface area contributed by atoms with Gasteiger partial charge in [0.15, 0.2) is 0 Å². The lowest BCUT2D eigenvalue weighted by molar-refractivity contribution is 0.438. The van der Waals surface area contributed by atoms with Crippen LogP contribution in [0.2, 0.25) is 0 Å². The Labute approximate surface area is 239 Å². The largest absolute Gasteiger partial charge is 0.507 e. The molecule has 0 heterocycles. The third-order valence-electron chi connectivity index (χ3n) is 8.58. The maximum atomic E-state index is 10.9. The first-order valence-corrected chi connectivity index (χ1v) is 14.0. The second kappa shape index (κ2) is 9.53. The lowest BCUT2D eigenvalue weighted by Gasteiger charge is -2.20. The highest BCUT2D eigenvalue weighted by atomic mass is 16.3. The summed E-state index contributed by atoms with van der Waals surface area (Å²) >= 11 is 0. The smallest absolute Gasteiger partial charge is 0.125 e. The number of rotatable bonds is 3. The molecule has 2 nitrogen and oxygen atoms in total. The van der Waals surface area contributed by atoms with Gasteiger partial charge in [-0.1, -0.05) is 103 Å². The van der Waals surface area contributed by atoms with E-state index in [1.807, 2.05) is 19.9 Å². The summed E-state index contributed by atoms with van der Waals surface area (Å²) in [5.74, 6) is 0.281. The van der Waals surface area contributed by atoms with Crippen LogP contribution in [0, 0.1) is 20.8 Å². The molecule has 0 spiro atoms. The molecule has 7 rings (SSSR count). The summed E-state index contributed by atoms with van der Waals surface area (Å²) in [5.41, 5.74) is 8.60. The van der Waals surface area contributed by atoms with Gasteiger partial charge in [-0.2, -0.15) is 0 Å². The Balaban J connectivity index is 1.64. The molecule has 0 saturated carbocycles. The van der Waals surface area contributed by atoms with Crippen molar-refractivity contribution in [1.82, 2.24) is 0 Å². The quantitative estimate of drug-likeness (QED) is 0.223. The van der Waals surface area contributed by atoms with Gasteiger partial charge in [0.05, 0.1) is 0 Å². The molecule has 0 unspecified atom stereocenters. The van der Waals surface area contributed by atoms with Gasteiger partial charge >= 0.3 is 0 Å². The summed E-state index contributed by atoms with van der Waals surface area (Å²) in [5, 5.41) is 28.8. The summed E-state index contributed by atoms with van der Waals surface area (Å²) in [6.07, 6.45) is 0. The molecule has 7 aromatic carbocycles. The molecule has 0 aliphatic carbocycles. The van der Waals surface area contributed by atoms with Crippen LogP contribution in [-0.4, -0.2) is 10.2 Å². The summed E-state index contributed by atoms with van der Waals surface area (Å²) in [4.78, 5) is 0. The molecule has 198 valence electrons. The molecule has 41 heavy (non-hydrogen) atoms. The third kappa shape index (κ3) is 3.87. The zero-order valence-electron chi connectivity index (χ0n) is 23.4. The Morgan fingerprint density at radius 2 is 0.878 bits per heavy atom. The van der Waals surface area contributed by atoms with Gasteiger partial charge in [-0.3, -0.25) is 0 Å². The molecule has 2 N–H and O–H groups in total. The maximum Gasteiger partial charge on any atom is 0.125 e. The molecule has 7 aromatic rings. The first kappa shape index (κ1) is 24.9. The number of phenolic OH excluding ortho intramolecular Hbond substituents is 2. The van der Waals surface area contributed by atoms with E-state index < -0.39 is 0 Å². The zero-order chi connectivity index (χ0) is 28.2. The van der Waals surface area contributed by atoms with Crippen LogP contribution in [0.15, 0.2) is 115 Å². The van der Waals surface area contributed by atoms with Crippen molar-refractivity contribution in [3.8, 4) is 44.9 Å². The lowest BCUT2D eigenvalue weighted by Crippen LogP contribution is -1.95. The molecule has 0 amide bonds. The second-order valence-electron chi connectivity index (χ2n) is 10.9. The van der Waals surface area contributed by atoms with E-state index in [-0.39, 0.29) is 11.5 Å². The molecule has 0 aromatic heterocycles. The molecule has 0 aliphatic heterocycles. The van der Waals surface area contributed by atoms with Crippen LogP contribution in [0.3, 0.4) is 0 Å². The van der Waals surface area contributed by atoms with Crippen molar-refractivity contribution in [2.24, 2.45) is 0 Å². The summed E-state index contributed by atoms with van der Waals surface area (Å²) < 4.78 is 0. The van der Waals surface area contributed by atoms with Crippen LogP contribution in [0.5, 0.6) is 11.5 Å². The molecule has 2 heteroatoms. The molecule has 0 atom stereocenters. The standard InChI is InChI=1S/C39H30O2/c1-23-35(24(2)39(41)25(3)38(23)40)30-19-20-33-34(22-30)36(27-12-5-4-6-13-27)31-15-9-10-16-32(31)37(33)29-18-17-26-11-7-8-14-28(26)21-29/h4-22,40-41H,1-3H3. The fourth-order valence-corrected chi connectivity index (χ4v) is 6.53. The Hall–Kier alpha value is -5.08. The van der Waals surface area contributed by atoms with Gasteiger partial charge in [-0.15, -0.1) is 0 Å². The van der Waals surface area contributed by atoms with Crippen LogP contribution >= 0.6 is 0 Å².